The SMILES string of the molecule is [C-]#[O+].[C-]#[O+].[W+2].[c-]1[c-][c-][cH-][c-]1.c1c[nH]cn1.c1c[nH]cn1. The van der Waals surface area contributed by atoms with Crippen LogP contribution in [0.4, 0.5) is 0 Å². The molecule has 0 fully saturated rings. The number of hydrogen-bond donors (Lipinski definition) is 2. The second-order valence-electron chi connectivity index (χ2n) is 2.20. The fourth-order valence-electron chi connectivity index (χ4n) is 0.611. The molecule has 0 aliphatic rings. The van der Waals surface area contributed by atoms with Crippen molar-refractivity contribution >= 4 is 0 Å². The maximum absolute atomic E-state index is 7.50. The average molecular weight is 437 g/mol. The molecule has 7 heteroatoms. The second kappa shape index (κ2) is 25.7. The van der Waals surface area contributed by atoms with E-state index in [4.69, 9.17) is 9.30 Å². The predicted molar refractivity (Wildman–Crippen MR) is 62.4 cm³/mol. The van der Waals surface area contributed by atoms with E-state index in [1.165, 1.54) is 0 Å². The first kappa shape index (κ1) is 23.1. The first-order valence-electron chi connectivity index (χ1n) is 4.59. The minimum Gasteiger partial charge on any atom is -0.999 e. The van der Waals surface area contributed by atoms with Gasteiger partial charge in [0.2, 0.25) is 0 Å². The van der Waals surface area contributed by atoms with Crippen molar-refractivity contribution in [3.05, 3.63) is 81.1 Å². The van der Waals surface area contributed by atoms with Crippen LogP contribution in [0.2, 0.25) is 0 Å². The second-order valence-corrected chi connectivity index (χ2v) is 2.20. The molecular formula is C13H9N4O2W-3. The summed E-state index contributed by atoms with van der Waals surface area (Å²) in [6, 6.07) is 12.0. The van der Waals surface area contributed by atoms with E-state index in [1.54, 1.807) is 43.5 Å². The van der Waals surface area contributed by atoms with Crippen molar-refractivity contribution < 1.29 is 30.4 Å². The predicted octanol–water partition coefficient (Wildman–Crippen LogP) is 1.35. The molecule has 102 valence electrons. The van der Waals surface area contributed by atoms with Gasteiger partial charge in [-0.2, -0.15) is 0 Å². The molecule has 1 aromatic carbocycles. The Morgan fingerprint density at radius 3 is 1.35 bits per heavy atom. The monoisotopic (exact) mass is 437 g/mol. The number of rotatable bonds is 0. The quantitative estimate of drug-likeness (QED) is 0.410. The summed E-state index contributed by atoms with van der Waals surface area (Å²) in [6.07, 6.45) is 10.2. The van der Waals surface area contributed by atoms with E-state index in [0.717, 1.165) is 0 Å². The van der Waals surface area contributed by atoms with Crippen molar-refractivity contribution in [2.75, 3.05) is 0 Å². The third kappa shape index (κ3) is 21.2. The molecule has 3 aromatic rings. The summed E-state index contributed by atoms with van der Waals surface area (Å²) in [6.45, 7) is 9.00. The van der Waals surface area contributed by atoms with Crippen LogP contribution in [-0.4, -0.2) is 19.9 Å². The summed E-state index contributed by atoms with van der Waals surface area (Å²) in [7, 11) is 0. The maximum Gasteiger partial charge on any atom is 2.00 e. The van der Waals surface area contributed by atoms with Crippen molar-refractivity contribution in [3.8, 4) is 0 Å². The minimum atomic E-state index is 0. The Balaban J connectivity index is -0.000000189. The molecule has 0 aliphatic carbocycles. The van der Waals surface area contributed by atoms with Crippen molar-refractivity contribution in [2.45, 2.75) is 0 Å². The van der Waals surface area contributed by atoms with Crippen molar-refractivity contribution in [1.82, 2.24) is 19.9 Å². The first-order valence-corrected chi connectivity index (χ1v) is 4.59. The van der Waals surface area contributed by atoms with Crippen LogP contribution in [0.5, 0.6) is 0 Å². The van der Waals surface area contributed by atoms with Crippen LogP contribution in [0.1, 0.15) is 0 Å². The van der Waals surface area contributed by atoms with Gasteiger partial charge in [-0.1, -0.05) is 0 Å². The molecule has 0 unspecified atom stereocenters. The van der Waals surface area contributed by atoms with Crippen LogP contribution in [0.15, 0.2) is 43.5 Å². The summed E-state index contributed by atoms with van der Waals surface area (Å²) < 4.78 is 15.0. The molecule has 0 bridgehead atoms. The van der Waals surface area contributed by atoms with E-state index < -0.39 is 0 Å². The Labute approximate surface area is 131 Å². The molecule has 2 N–H and O–H groups in total. The van der Waals surface area contributed by atoms with E-state index in [9.17, 15) is 0 Å². The van der Waals surface area contributed by atoms with Crippen molar-refractivity contribution in [2.24, 2.45) is 0 Å². The summed E-state index contributed by atoms with van der Waals surface area (Å²) in [5, 5.41) is 0. The van der Waals surface area contributed by atoms with Crippen molar-refractivity contribution in [1.29, 1.82) is 0 Å². The van der Waals surface area contributed by atoms with Gasteiger partial charge in [0.1, 0.15) is 0 Å². The summed E-state index contributed by atoms with van der Waals surface area (Å²) >= 11 is 0. The Bertz CT molecular complexity index is 327. The zero-order valence-corrected chi connectivity index (χ0v) is 13.1. The normalized spacial score (nSPS) is 6.20. The number of H-pyrrole nitrogens is 2. The minimum absolute atomic E-state index is 0. The number of nitrogens with zero attached hydrogens (tertiary/aromatic N) is 2. The largest absolute Gasteiger partial charge is 2.00 e. The molecule has 0 aliphatic heterocycles. The van der Waals surface area contributed by atoms with Crippen LogP contribution >= 0.6 is 0 Å². The van der Waals surface area contributed by atoms with E-state index in [0.29, 0.717) is 0 Å². The molecule has 0 spiro atoms. The van der Waals surface area contributed by atoms with Gasteiger partial charge >= 0.3 is 43.7 Å². The summed E-state index contributed by atoms with van der Waals surface area (Å²) in [5.74, 6) is 0. The summed E-state index contributed by atoms with van der Waals surface area (Å²) in [4.78, 5) is 12.8. The smallest absolute Gasteiger partial charge is 0.999 e. The number of hydrogen-bond acceptors (Lipinski definition) is 2. The van der Waals surface area contributed by atoms with Crippen LogP contribution in [0.3, 0.4) is 0 Å². The Kier molecular flexibility index (Phi) is 29.6. The molecule has 0 amide bonds. The van der Waals surface area contributed by atoms with Crippen LogP contribution in [0, 0.1) is 37.6 Å². The fraction of sp³-hybridized carbons (Fsp3) is 0. The van der Waals surface area contributed by atoms with E-state index in [1.807, 2.05) is 0 Å². The maximum atomic E-state index is 7.50. The molecule has 0 radical (unpaired) electrons. The molecule has 0 saturated carbocycles. The Hall–Kier alpha value is -2.06. The number of imidazole rings is 2. The average Bonchev–Trinajstić information content (AvgIpc) is 3.31. The van der Waals surface area contributed by atoms with Gasteiger partial charge in [-0.25, -0.2) is 9.97 Å². The first-order chi connectivity index (χ1) is 9.50. The molecular weight excluding hydrogens is 428 g/mol. The Morgan fingerprint density at radius 1 is 0.850 bits per heavy atom. The van der Waals surface area contributed by atoms with E-state index >= 15 is 0 Å². The Morgan fingerprint density at radius 2 is 1.25 bits per heavy atom. The topological polar surface area (TPSA) is 97.2 Å². The molecule has 2 aromatic heterocycles. The van der Waals surface area contributed by atoms with Gasteiger partial charge < -0.3 is 40.3 Å². The van der Waals surface area contributed by atoms with Crippen molar-refractivity contribution in [3.63, 3.8) is 0 Å². The molecule has 6 nitrogen and oxygen atoms in total. The van der Waals surface area contributed by atoms with Gasteiger partial charge in [-0.05, 0) is 0 Å². The van der Waals surface area contributed by atoms with Gasteiger partial charge in [-0.15, -0.1) is 0 Å². The van der Waals surface area contributed by atoms with Gasteiger partial charge in [-0.3, -0.25) is 0 Å². The zero-order chi connectivity index (χ0) is 14.6. The summed E-state index contributed by atoms with van der Waals surface area (Å²) in [5.41, 5.74) is 0. The number of nitrogens with one attached hydrogen (secondary N) is 2. The number of aromatic amines is 2. The zero-order valence-electron chi connectivity index (χ0n) is 10.2. The van der Waals surface area contributed by atoms with Gasteiger partial charge in [0.25, 0.3) is 0 Å². The third-order valence-electron chi connectivity index (χ3n) is 1.16. The number of aromatic nitrogens is 4. The van der Waals surface area contributed by atoms with E-state index in [-0.39, 0.29) is 21.1 Å². The van der Waals surface area contributed by atoms with Gasteiger partial charge in [0.05, 0.1) is 12.7 Å². The standard InChI is InChI=1S/C5H.2C3H4N2.2CO.W/c1-2-4-5-3-1;2*1-2-5-3-4-1;2*1-2;/h1H;2*1-3H,(H,4,5);;;/q-5;;;;;+2. The van der Waals surface area contributed by atoms with Crippen LogP contribution < -0.4 is 0 Å². The molecule has 0 saturated heterocycles. The molecule has 0 atom stereocenters. The third-order valence-corrected chi connectivity index (χ3v) is 1.16. The fourth-order valence-corrected chi connectivity index (χ4v) is 0.611. The van der Waals surface area contributed by atoms with E-state index in [2.05, 4.69) is 57.5 Å². The molecule has 3 rings (SSSR count). The molecule has 2 heterocycles. The van der Waals surface area contributed by atoms with Crippen LogP contribution in [0.25, 0.3) is 0 Å². The van der Waals surface area contributed by atoms with Gasteiger partial charge in [0.15, 0.2) is 0 Å². The van der Waals surface area contributed by atoms with Crippen LogP contribution in [-0.2, 0) is 30.4 Å². The van der Waals surface area contributed by atoms with Gasteiger partial charge in [0, 0.05) is 24.8 Å². The molecule has 20 heavy (non-hydrogen) atoms.